The molecule has 8 heteroatoms. The van der Waals surface area contributed by atoms with Crippen LogP contribution in [0.25, 0.3) is 0 Å². The second-order valence-corrected chi connectivity index (χ2v) is 9.56. The molecule has 1 saturated heterocycles. The largest absolute Gasteiger partial charge is 0.387 e. The molecule has 2 aromatic rings. The van der Waals surface area contributed by atoms with Crippen molar-refractivity contribution in [2.45, 2.75) is 51.2 Å². The maximum Gasteiger partial charge on any atom is 0.231 e. The summed E-state index contributed by atoms with van der Waals surface area (Å²) in [6.45, 7) is 9.57. The SMILES string of the molecule is CC(C)NCC(C(=O)N1CCN(c2ncnc3c2C(C)C[C@H]3O)CC1)c1ccc(Cl)cc1. The zero-order valence-electron chi connectivity index (χ0n) is 19.0. The van der Waals surface area contributed by atoms with Crippen molar-refractivity contribution in [2.75, 3.05) is 37.6 Å². The Bertz CT molecular complexity index is 944. The number of nitrogens with one attached hydrogen (secondary N) is 1. The molecule has 1 fully saturated rings. The number of fused-ring (bicyclic) bond motifs is 1. The van der Waals surface area contributed by atoms with Gasteiger partial charge in [0.15, 0.2) is 0 Å². The highest BCUT2D eigenvalue weighted by molar-refractivity contribution is 6.30. The normalized spacial score (nSPS) is 21.7. The fraction of sp³-hybridized carbons (Fsp3) is 0.542. The van der Waals surface area contributed by atoms with Gasteiger partial charge in [0.05, 0.1) is 17.7 Å². The van der Waals surface area contributed by atoms with Crippen molar-refractivity contribution in [1.82, 2.24) is 20.2 Å². The van der Waals surface area contributed by atoms with E-state index in [2.05, 4.69) is 41.0 Å². The van der Waals surface area contributed by atoms with Gasteiger partial charge in [0.1, 0.15) is 12.1 Å². The van der Waals surface area contributed by atoms with Crippen molar-refractivity contribution in [1.29, 1.82) is 0 Å². The summed E-state index contributed by atoms with van der Waals surface area (Å²) >= 11 is 6.06. The second-order valence-electron chi connectivity index (χ2n) is 9.13. The zero-order valence-corrected chi connectivity index (χ0v) is 19.7. The number of hydrogen-bond acceptors (Lipinski definition) is 6. The molecule has 0 radical (unpaired) electrons. The van der Waals surface area contributed by atoms with Crippen LogP contribution in [-0.2, 0) is 4.79 Å². The van der Waals surface area contributed by atoms with Crippen molar-refractivity contribution in [3.05, 3.63) is 52.4 Å². The Morgan fingerprint density at radius 2 is 1.88 bits per heavy atom. The molecule has 0 spiro atoms. The number of anilines is 1. The molecule has 32 heavy (non-hydrogen) atoms. The van der Waals surface area contributed by atoms with Crippen LogP contribution in [0.15, 0.2) is 30.6 Å². The number of aliphatic hydroxyl groups excluding tert-OH is 1. The molecule has 1 aliphatic heterocycles. The molecule has 2 heterocycles. The predicted octanol–water partition coefficient (Wildman–Crippen LogP) is 3.10. The van der Waals surface area contributed by atoms with Crippen LogP contribution in [0.4, 0.5) is 5.82 Å². The number of amides is 1. The minimum Gasteiger partial charge on any atom is -0.387 e. The maximum absolute atomic E-state index is 13.5. The van der Waals surface area contributed by atoms with Crippen LogP contribution in [0.3, 0.4) is 0 Å². The van der Waals surface area contributed by atoms with Gasteiger partial charge in [0, 0.05) is 49.4 Å². The van der Waals surface area contributed by atoms with Crippen LogP contribution in [0, 0.1) is 0 Å². The van der Waals surface area contributed by atoms with Gasteiger partial charge in [0.25, 0.3) is 0 Å². The van der Waals surface area contributed by atoms with Gasteiger partial charge in [-0.2, -0.15) is 0 Å². The van der Waals surface area contributed by atoms with Crippen LogP contribution in [0.1, 0.15) is 62.0 Å². The average molecular weight is 458 g/mol. The van der Waals surface area contributed by atoms with Crippen molar-refractivity contribution in [3.63, 3.8) is 0 Å². The van der Waals surface area contributed by atoms with E-state index >= 15 is 0 Å². The van der Waals surface area contributed by atoms with Crippen molar-refractivity contribution in [3.8, 4) is 0 Å². The Morgan fingerprint density at radius 1 is 1.19 bits per heavy atom. The van der Waals surface area contributed by atoms with Crippen molar-refractivity contribution >= 4 is 23.3 Å². The third-order valence-electron chi connectivity index (χ3n) is 6.47. The van der Waals surface area contributed by atoms with E-state index in [-0.39, 0.29) is 17.7 Å². The highest BCUT2D eigenvalue weighted by Gasteiger charge is 2.35. The first-order valence-corrected chi connectivity index (χ1v) is 11.8. The number of aromatic nitrogens is 2. The molecule has 1 aromatic carbocycles. The number of piperazine rings is 1. The van der Waals surface area contributed by atoms with E-state index < -0.39 is 6.10 Å². The molecule has 1 amide bonds. The Kier molecular flexibility index (Phi) is 6.98. The molecule has 7 nitrogen and oxygen atoms in total. The molecule has 1 aliphatic carbocycles. The highest BCUT2D eigenvalue weighted by atomic mass is 35.5. The number of rotatable bonds is 6. The number of carbonyl (C=O) groups is 1. The van der Waals surface area contributed by atoms with Gasteiger partial charge in [-0.1, -0.05) is 44.5 Å². The monoisotopic (exact) mass is 457 g/mol. The van der Waals surface area contributed by atoms with Crippen LogP contribution in [0.2, 0.25) is 5.02 Å². The summed E-state index contributed by atoms with van der Waals surface area (Å²) in [7, 11) is 0. The third-order valence-corrected chi connectivity index (χ3v) is 6.72. The van der Waals surface area contributed by atoms with Gasteiger partial charge >= 0.3 is 0 Å². The van der Waals surface area contributed by atoms with Crippen LogP contribution < -0.4 is 10.2 Å². The van der Waals surface area contributed by atoms with Gasteiger partial charge in [-0.05, 0) is 30.0 Å². The third kappa shape index (κ3) is 4.75. The first-order valence-electron chi connectivity index (χ1n) is 11.4. The highest BCUT2D eigenvalue weighted by Crippen LogP contribution is 2.42. The fourth-order valence-electron chi connectivity index (χ4n) is 4.71. The Hall–Kier alpha value is -2.22. The average Bonchev–Trinajstić information content (AvgIpc) is 3.08. The summed E-state index contributed by atoms with van der Waals surface area (Å²) in [5, 5.41) is 14.4. The molecule has 172 valence electrons. The first-order chi connectivity index (χ1) is 15.3. The number of aliphatic hydroxyl groups is 1. The minimum atomic E-state index is -0.516. The van der Waals surface area contributed by atoms with Gasteiger partial charge in [-0.15, -0.1) is 0 Å². The topological polar surface area (TPSA) is 81.6 Å². The molecule has 2 N–H and O–H groups in total. The van der Waals surface area contributed by atoms with Crippen LogP contribution in [-0.4, -0.2) is 64.6 Å². The lowest BCUT2D eigenvalue weighted by Crippen LogP contribution is -2.51. The smallest absolute Gasteiger partial charge is 0.231 e. The van der Waals surface area contributed by atoms with E-state index in [9.17, 15) is 9.90 Å². The Balaban J connectivity index is 1.47. The molecular formula is C24H32ClN5O2. The van der Waals surface area contributed by atoms with E-state index in [1.54, 1.807) is 6.33 Å². The lowest BCUT2D eigenvalue weighted by molar-refractivity contribution is -0.133. The number of nitrogens with zero attached hydrogens (tertiary/aromatic N) is 4. The molecule has 3 atom stereocenters. The molecule has 0 bridgehead atoms. The molecular weight excluding hydrogens is 426 g/mol. The van der Waals surface area contributed by atoms with Gasteiger partial charge in [-0.3, -0.25) is 4.79 Å². The summed E-state index contributed by atoms with van der Waals surface area (Å²) in [6.07, 6.45) is 1.71. The van der Waals surface area contributed by atoms with E-state index in [4.69, 9.17) is 11.6 Å². The fourth-order valence-corrected chi connectivity index (χ4v) is 4.84. The second kappa shape index (κ2) is 9.73. The number of hydrogen-bond donors (Lipinski definition) is 2. The van der Waals surface area contributed by atoms with E-state index in [0.717, 1.165) is 22.6 Å². The molecule has 0 saturated carbocycles. The molecule has 2 unspecified atom stereocenters. The summed E-state index contributed by atoms with van der Waals surface area (Å²) in [5.74, 6) is 1.02. The molecule has 4 rings (SSSR count). The van der Waals surface area contributed by atoms with Crippen molar-refractivity contribution in [2.24, 2.45) is 0 Å². The van der Waals surface area contributed by atoms with Gasteiger partial charge < -0.3 is 20.2 Å². The number of benzene rings is 1. The minimum absolute atomic E-state index is 0.136. The lowest BCUT2D eigenvalue weighted by atomic mass is 9.96. The lowest BCUT2D eigenvalue weighted by Gasteiger charge is -2.38. The summed E-state index contributed by atoms with van der Waals surface area (Å²) < 4.78 is 0. The predicted molar refractivity (Wildman–Crippen MR) is 126 cm³/mol. The van der Waals surface area contributed by atoms with E-state index in [1.807, 2.05) is 29.2 Å². The Morgan fingerprint density at radius 3 is 2.53 bits per heavy atom. The summed E-state index contributed by atoms with van der Waals surface area (Å²) in [5.41, 5.74) is 2.79. The van der Waals surface area contributed by atoms with E-state index in [0.29, 0.717) is 50.2 Å². The van der Waals surface area contributed by atoms with Crippen molar-refractivity contribution < 1.29 is 9.90 Å². The van der Waals surface area contributed by atoms with E-state index in [1.165, 1.54) is 0 Å². The van der Waals surface area contributed by atoms with Gasteiger partial charge in [-0.25, -0.2) is 9.97 Å². The molecule has 1 aromatic heterocycles. The van der Waals surface area contributed by atoms with Gasteiger partial charge in [0.2, 0.25) is 5.91 Å². The maximum atomic E-state index is 13.5. The standard InChI is InChI=1S/C24H32ClN5O2/c1-15(2)26-13-19(17-4-6-18(25)7-5-17)24(32)30-10-8-29(9-11-30)23-21-16(3)12-20(31)22(21)27-14-28-23/h4-7,14-16,19-20,26,31H,8-13H2,1-3H3/t16?,19?,20-/m1/s1. The van der Waals surface area contributed by atoms with Crippen LogP contribution >= 0.6 is 11.6 Å². The molecule has 2 aliphatic rings. The first kappa shape index (κ1) is 23.0. The van der Waals surface area contributed by atoms with Crippen LogP contribution in [0.5, 0.6) is 0 Å². The number of carbonyl (C=O) groups excluding carboxylic acids is 1. The zero-order chi connectivity index (χ0) is 22.8. The quantitative estimate of drug-likeness (QED) is 0.693. The summed E-state index contributed by atoms with van der Waals surface area (Å²) in [4.78, 5) is 26.5. The summed E-state index contributed by atoms with van der Waals surface area (Å²) in [6, 6.07) is 7.87. The number of halogens is 1. The Labute approximate surface area is 194 Å².